The number of nitrogens with one attached hydrogen (secondary N) is 1. The Morgan fingerprint density at radius 3 is 1.04 bits per heavy atom. The Balaban J connectivity index is 0.000000147. The van der Waals surface area contributed by atoms with Gasteiger partial charge in [-0.3, -0.25) is 52.4 Å². The Kier molecular flexibility index (Phi) is 31.1. The smallest absolute Gasteiger partial charge is 0.298 e. The molecule has 1 unspecified atom stereocenters. The van der Waals surface area contributed by atoms with Gasteiger partial charge in [-0.15, -0.1) is 0 Å². The summed E-state index contributed by atoms with van der Waals surface area (Å²) in [7, 11) is 0. The average Bonchev–Trinajstić information content (AvgIpc) is 1.52. The maximum absolute atomic E-state index is 12.1. The predicted octanol–water partition coefficient (Wildman–Crippen LogP) is 15.1. The second kappa shape index (κ2) is 44.2. The highest BCUT2D eigenvalue weighted by molar-refractivity contribution is 6.01. The van der Waals surface area contributed by atoms with E-state index in [1.807, 2.05) is 223 Å². The van der Waals surface area contributed by atoms with Crippen LogP contribution in [0.25, 0.3) is 45.0 Å². The van der Waals surface area contributed by atoms with Crippen molar-refractivity contribution in [1.82, 2.24) is 58.9 Å². The Morgan fingerprint density at radius 2 is 0.690 bits per heavy atom. The van der Waals surface area contributed by atoms with Crippen molar-refractivity contribution in [2.24, 2.45) is 40.7 Å². The quantitative estimate of drug-likeness (QED) is 0.0262. The molecule has 0 spiro atoms. The molecule has 8 heterocycles. The number of nitrogens with zero attached hydrogens (tertiary/aromatic N) is 11. The van der Waals surface area contributed by atoms with Gasteiger partial charge >= 0.3 is 0 Å². The summed E-state index contributed by atoms with van der Waals surface area (Å²) in [5, 5.41) is 14.0. The van der Waals surface area contributed by atoms with Crippen LogP contribution < -0.4 is 41.9 Å². The second-order valence-electron chi connectivity index (χ2n) is 31.4. The summed E-state index contributed by atoms with van der Waals surface area (Å²) in [4.78, 5) is 111. The van der Waals surface area contributed by atoms with Crippen LogP contribution in [0.1, 0.15) is 119 Å². The van der Waals surface area contributed by atoms with Crippen molar-refractivity contribution in [3.8, 4) is 115 Å². The van der Waals surface area contributed by atoms with Crippen LogP contribution in [0, 0.1) is 41.4 Å². The molecule has 2 atom stereocenters. The van der Waals surface area contributed by atoms with Crippen molar-refractivity contribution >= 4 is 47.3 Å². The molecule has 16 rings (SSSR count). The molecule has 0 radical (unpaired) electrons. The molecule has 129 heavy (non-hydrogen) atoms. The van der Waals surface area contributed by atoms with Crippen molar-refractivity contribution in [1.29, 1.82) is 0 Å². The number of ether oxygens (including phenoxy) is 4. The minimum atomic E-state index is -0.576. The number of likely N-dealkylation sites (tertiary alicyclic amines) is 4. The van der Waals surface area contributed by atoms with Crippen LogP contribution in [0.5, 0.6) is 46.0 Å². The van der Waals surface area contributed by atoms with Crippen LogP contribution in [0.3, 0.4) is 0 Å². The van der Waals surface area contributed by atoms with Crippen molar-refractivity contribution < 1.29 is 57.3 Å². The number of amides is 8. The molecular formula is C101H102N16O12. The lowest BCUT2D eigenvalue weighted by Crippen LogP contribution is -2.40. The van der Waals surface area contributed by atoms with Gasteiger partial charge in [0.1, 0.15) is 80.3 Å². The molecule has 8 aromatic carbocycles. The third-order valence-electron chi connectivity index (χ3n) is 22.4. The first-order valence-electron chi connectivity index (χ1n) is 42.8. The number of para-hydroxylation sites is 4. The summed E-state index contributed by atoms with van der Waals surface area (Å²) in [6, 6.07) is 67.7. The summed E-state index contributed by atoms with van der Waals surface area (Å²) < 4.78 is 28.7. The Bertz CT molecular complexity index is 6040. The van der Waals surface area contributed by atoms with Crippen LogP contribution >= 0.6 is 0 Å². The molecule has 0 saturated carbocycles. The van der Waals surface area contributed by atoms with Gasteiger partial charge in [0.15, 0.2) is 0 Å². The predicted molar refractivity (Wildman–Crippen MR) is 491 cm³/mol. The van der Waals surface area contributed by atoms with Gasteiger partial charge in [0, 0.05) is 119 Å². The van der Waals surface area contributed by atoms with Gasteiger partial charge in [0.2, 0.25) is 11.8 Å². The first-order valence-corrected chi connectivity index (χ1v) is 42.8. The van der Waals surface area contributed by atoms with Gasteiger partial charge in [-0.2, -0.15) is 15.3 Å². The first kappa shape index (κ1) is 90.9. The van der Waals surface area contributed by atoms with Crippen molar-refractivity contribution in [3.05, 3.63) is 290 Å². The zero-order valence-electron chi connectivity index (χ0n) is 72.0. The van der Waals surface area contributed by atoms with Crippen LogP contribution in [-0.2, 0) is 38.8 Å². The minimum Gasteiger partial charge on any atom is -0.457 e. The second-order valence-corrected chi connectivity index (χ2v) is 31.4. The van der Waals surface area contributed by atoms with E-state index in [-0.39, 0.29) is 41.2 Å². The number of aromatic nitrogens is 8. The van der Waals surface area contributed by atoms with Gasteiger partial charge in [0.25, 0.3) is 35.4 Å². The van der Waals surface area contributed by atoms with Crippen molar-refractivity contribution in [3.63, 3.8) is 0 Å². The normalized spacial score (nSPS) is 14.8. The lowest BCUT2D eigenvalue weighted by Gasteiger charge is -2.31. The summed E-state index contributed by atoms with van der Waals surface area (Å²) in [6.07, 6.45) is 14.9. The molecule has 8 amide bonds. The van der Waals surface area contributed by atoms with E-state index in [9.17, 15) is 38.4 Å². The standard InChI is InChI=1S/2C26H26N4O3.C25H26N4O3.C24H24N4O3/c1-2-7-24(31)29-15-6-8-19(16-29)17-30-18-23(26(27)32)25(28-30)20-11-13-22(14-12-20)33-21-9-4-3-5-10-21;1-2-6-24(31)29-15-13-19(14-16-29)17-30-18-23(26(27)32)25(28-30)20-9-11-22(12-10-20)33-21-7-4-3-5-8-21;1-2-23(30)28-14-12-18(13-15-28)16-29-17-22(25(26)31)24(27-29)19-8-10-21(11-9-19)32-20-6-4-3-5-7-20;1-2-20(29)28-14-6-7-17(15-28)24-26-21(22(27-24)23(25)30)16-10-12-19(13-11-16)31-18-8-4-3-5-9-18/h3-5,9-14,18-19H,6,8,15-17H2,1H3,(H2,27,32);3-5,7-12,18-19H,13-17H2,1H3,(H2,27,32);2-11,17-18H,1,12-16H2,(H2,26,31);2-5,8-13,17H,1,6-7,14-15H2,(H2,25,30)(H,26,27)/t;;;17-/m...1/s1. The third kappa shape index (κ3) is 24.8. The first-order chi connectivity index (χ1) is 62.6. The van der Waals surface area contributed by atoms with E-state index in [4.69, 9.17) is 46.9 Å². The topological polar surface area (TPSA) is 373 Å². The third-order valence-corrected chi connectivity index (χ3v) is 22.4. The van der Waals surface area contributed by atoms with E-state index in [0.717, 1.165) is 103 Å². The number of hydrogen-bond donors (Lipinski definition) is 5. The molecule has 658 valence electrons. The highest BCUT2D eigenvalue weighted by Crippen LogP contribution is 2.36. The monoisotopic (exact) mass is 1730 g/mol. The SMILES string of the molecule is C=CC(=O)N1CCC(Cn2cc(C(N)=O)c(-c3ccc(Oc4ccccc4)cc3)n2)CC1.C=CC(=O)N1CCC[C@@H](c2nc(-c3ccc(Oc4ccccc4)cc3)c(C(N)=O)[nH]2)C1.CC#CC(=O)N1CCC(Cn2cc(C(N)=O)c(-c3ccc(Oc4ccccc4)cc3)n2)CC1.CC#CC(=O)N1CCCC(Cn2cc(C(N)=O)c(-c3ccc(Oc4ccccc4)cc3)n2)C1. The molecule has 28 heteroatoms. The summed E-state index contributed by atoms with van der Waals surface area (Å²) in [5.74, 6) is 15.4. The molecule has 28 nitrogen and oxygen atoms in total. The van der Waals surface area contributed by atoms with Crippen molar-refractivity contribution in [2.45, 2.75) is 90.8 Å². The zero-order valence-corrected chi connectivity index (χ0v) is 72.0. The number of aromatic amines is 1. The molecule has 4 aromatic heterocycles. The number of nitrogens with two attached hydrogens (primary N) is 4. The fourth-order valence-electron chi connectivity index (χ4n) is 15.8. The summed E-state index contributed by atoms with van der Waals surface area (Å²) in [5.41, 5.74) is 29.2. The number of H-pyrrole nitrogens is 1. The molecule has 4 aliphatic rings. The molecule has 4 fully saturated rings. The van der Waals surface area contributed by atoms with E-state index in [1.54, 1.807) is 61.2 Å². The minimum absolute atomic E-state index is 0.00480. The number of imidazole rings is 1. The number of benzene rings is 8. The number of piperidine rings is 4. The Labute approximate surface area is 748 Å². The average molecular weight is 1730 g/mol. The van der Waals surface area contributed by atoms with E-state index in [2.05, 4.69) is 57.1 Å². The lowest BCUT2D eigenvalue weighted by molar-refractivity contribution is -0.128. The maximum atomic E-state index is 12.1. The Morgan fingerprint density at radius 1 is 0.372 bits per heavy atom. The zero-order chi connectivity index (χ0) is 90.7. The summed E-state index contributed by atoms with van der Waals surface area (Å²) in [6.45, 7) is 17.7. The maximum Gasteiger partial charge on any atom is 0.298 e. The van der Waals surface area contributed by atoms with Crippen molar-refractivity contribution in [2.75, 3.05) is 52.4 Å². The van der Waals surface area contributed by atoms with E-state index in [0.29, 0.717) is 146 Å². The van der Waals surface area contributed by atoms with Gasteiger partial charge in [-0.25, -0.2) is 4.98 Å². The number of hydrogen-bond acceptors (Lipinski definition) is 16. The van der Waals surface area contributed by atoms with Crippen LogP contribution in [0.15, 0.2) is 262 Å². The number of carbonyl (C=O) groups excluding carboxylic acids is 8. The molecule has 12 aromatic rings. The van der Waals surface area contributed by atoms with Crippen LogP contribution in [0.2, 0.25) is 0 Å². The van der Waals surface area contributed by atoms with Gasteiger partial charge < -0.3 is 66.5 Å². The summed E-state index contributed by atoms with van der Waals surface area (Å²) >= 11 is 0. The van der Waals surface area contributed by atoms with Gasteiger partial charge in [-0.05, 0) is 253 Å². The molecular weight excluding hydrogens is 1630 g/mol. The molecule has 0 bridgehead atoms. The van der Waals surface area contributed by atoms with Gasteiger partial charge in [-0.1, -0.05) is 97.8 Å². The molecule has 0 aliphatic carbocycles. The number of rotatable bonds is 25. The largest absolute Gasteiger partial charge is 0.457 e. The number of carbonyl (C=O) groups is 8. The van der Waals surface area contributed by atoms with E-state index < -0.39 is 23.6 Å². The highest BCUT2D eigenvalue weighted by atomic mass is 16.5. The van der Waals surface area contributed by atoms with Gasteiger partial charge in [0.05, 0.1) is 16.7 Å². The Hall–Kier alpha value is -15.8. The molecule has 4 saturated heterocycles. The lowest BCUT2D eigenvalue weighted by atomic mass is 9.97. The highest BCUT2D eigenvalue weighted by Gasteiger charge is 2.31. The van der Waals surface area contributed by atoms with E-state index in [1.165, 1.54) is 12.2 Å². The number of primary amides is 4. The van der Waals surface area contributed by atoms with Crippen LogP contribution in [-0.4, -0.2) is 159 Å². The fourth-order valence-corrected chi connectivity index (χ4v) is 15.8. The molecule has 4 aliphatic heterocycles. The van der Waals surface area contributed by atoms with E-state index >= 15 is 0 Å². The van der Waals surface area contributed by atoms with Crippen LogP contribution in [0.4, 0.5) is 0 Å². The fraction of sp³-hybridized carbons (Fsp3) is 0.248. The molecule has 9 N–H and O–H groups in total.